The molecule has 1 aromatic heterocycles. The van der Waals surface area contributed by atoms with Crippen molar-refractivity contribution in [3.05, 3.63) is 18.2 Å². The number of nitrogens with zero attached hydrogens (tertiary/aromatic N) is 3. The second kappa shape index (κ2) is 6.97. The first-order valence-corrected chi connectivity index (χ1v) is 10.1. The summed E-state index contributed by atoms with van der Waals surface area (Å²) in [6.45, 7) is 6.52. The summed E-state index contributed by atoms with van der Waals surface area (Å²) >= 11 is 0. The smallest absolute Gasteiger partial charge is 0.223 e. The van der Waals surface area contributed by atoms with Crippen LogP contribution in [0, 0.1) is 10.8 Å². The molecule has 1 atom stereocenters. The Kier molecular flexibility index (Phi) is 4.82. The molecule has 26 heavy (non-hydrogen) atoms. The van der Waals surface area contributed by atoms with Crippen LogP contribution in [-0.4, -0.2) is 53.2 Å². The van der Waals surface area contributed by atoms with Gasteiger partial charge in [0, 0.05) is 43.9 Å². The van der Waals surface area contributed by atoms with Gasteiger partial charge in [-0.3, -0.25) is 4.79 Å². The van der Waals surface area contributed by atoms with E-state index in [4.69, 9.17) is 4.74 Å². The van der Waals surface area contributed by atoms with E-state index in [-0.39, 0.29) is 5.41 Å². The van der Waals surface area contributed by atoms with Gasteiger partial charge >= 0.3 is 0 Å². The van der Waals surface area contributed by atoms with Crippen molar-refractivity contribution in [2.75, 3.05) is 26.8 Å². The van der Waals surface area contributed by atoms with Crippen LogP contribution in [0.25, 0.3) is 0 Å². The first-order valence-electron chi connectivity index (χ1n) is 10.1. The summed E-state index contributed by atoms with van der Waals surface area (Å²) < 4.78 is 7.54. The SMILES string of the molecule is CCn1ccnc1CN(C(=O)CC1(COC)CC1)C1CC12CCNCC2. The zero-order valence-corrected chi connectivity index (χ0v) is 16.2. The summed E-state index contributed by atoms with van der Waals surface area (Å²) in [5.74, 6) is 1.30. The van der Waals surface area contributed by atoms with E-state index in [0.29, 0.717) is 36.9 Å². The van der Waals surface area contributed by atoms with E-state index >= 15 is 0 Å². The Hall–Kier alpha value is -1.40. The zero-order valence-electron chi connectivity index (χ0n) is 16.2. The third-order valence-electron chi connectivity index (χ3n) is 6.83. The Bertz CT molecular complexity index is 646. The Balaban J connectivity index is 1.51. The lowest BCUT2D eigenvalue weighted by molar-refractivity contribution is -0.135. The van der Waals surface area contributed by atoms with E-state index < -0.39 is 0 Å². The number of amides is 1. The van der Waals surface area contributed by atoms with Crippen molar-refractivity contribution in [1.82, 2.24) is 19.8 Å². The second-order valence-corrected chi connectivity index (χ2v) is 8.59. The fraction of sp³-hybridized carbons (Fsp3) is 0.800. The number of hydrogen-bond donors (Lipinski definition) is 1. The third-order valence-corrected chi connectivity index (χ3v) is 6.83. The molecule has 2 heterocycles. The van der Waals surface area contributed by atoms with Crippen LogP contribution < -0.4 is 5.32 Å². The summed E-state index contributed by atoms with van der Waals surface area (Å²) in [6.07, 6.45) is 10.2. The fourth-order valence-corrected chi connectivity index (χ4v) is 4.81. The predicted molar refractivity (Wildman–Crippen MR) is 99.6 cm³/mol. The molecule has 6 nitrogen and oxygen atoms in total. The van der Waals surface area contributed by atoms with Gasteiger partial charge in [-0.1, -0.05) is 0 Å². The standard InChI is InChI=1S/C20H32N4O2/c1-3-23-11-10-22-17(23)14-24(16-12-20(16)6-8-21-9-7-20)18(25)13-19(4-5-19)15-26-2/h10-11,16,21H,3-9,12-15H2,1-2H3. The molecule has 4 rings (SSSR count). The van der Waals surface area contributed by atoms with Crippen molar-refractivity contribution < 1.29 is 9.53 Å². The van der Waals surface area contributed by atoms with Gasteiger partial charge in [0.2, 0.25) is 5.91 Å². The molecular formula is C20H32N4O2. The molecule has 1 spiro atoms. The average Bonchev–Trinajstić information content (AvgIpc) is 3.49. The largest absolute Gasteiger partial charge is 0.384 e. The highest BCUT2D eigenvalue weighted by atomic mass is 16.5. The number of hydrogen-bond acceptors (Lipinski definition) is 4. The zero-order chi connectivity index (χ0) is 18.2. The van der Waals surface area contributed by atoms with Crippen LogP contribution in [0.3, 0.4) is 0 Å². The van der Waals surface area contributed by atoms with Crippen LogP contribution in [-0.2, 0) is 22.6 Å². The molecule has 144 valence electrons. The lowest BCUT2D eigenvalue weighted by Gasteiger charge is -2.30. The van der Waals surface area contributed by atoms with Gasteiger partial charge in [0.15, 0.2) is 0 Å². The maximum atomic E-state index is 13.3. The minimum Gasteiger partial charge on any atom is -0.384 e. The Morgan fingerprint density at radius 1 is 1.38 bits per heavy atom. The molecule has 1 aromatic rings. The number of ether oxygens (including phenoxy) is 1. The topological polar surface area (TPSA) is 59.4 Å². The number of aryl methyl sites for hydroxylation is 1. The number of carbonyl (C=O) groups is 1. The highest BCUT2D eigenvalue weighted by Gasteiger charge is 2.58. The number of piperidine rings is 1. The molecule has 1 unspecified atom stereocenters. The Labute approximate surface area is 156 Å². The number of nitrogens with one attached hydrogen (secondary N) is 1. The van der Waals surface area contributed by atoms with E-state index in [1.54, 1.807) is 7.11 Å². The van der Waals surface area contributed by atoms with E-state index in [1.165, 1.54) is 12.8 Å². The molecule has 6 heteroatoms. The van der Waals surface area contributed by atoms with Crippen LogP contribution in [0.15, 0.2) is 12.4 Å². The van der Waals surface area contributed by atoms with Crippen LogP contribution in [0.4, 0.5) is 0 Å². The lowest BCUT2D eigenvalue weighted by Crippen LogP contribution is -2.40. The lowest BCUT2D eigenvalue weighted by atomic mass is 9.93. The average molecular weight is 361 g/mol. The van der Waals surface area contributed by atoms with Gasteiger partial charge in [-0.15, -0.1) is 0 Å². The van der Waals surface area contributed by atoms with E-state index in [9.17, 15) is 4.79 Å². The highest BCUT2D eigenvalue weighted by Crippen LogP contribution is 2.57. The molecule has 3 aliphatic rings. The third kappa shape index (κ3) is 3.41. The summed E-state index contributed by atoms with van der Waals surface area (Å²) in [4.78, 5) is 20.0. The van der Waals surface area contributed by atoms with Gasteiger partial charge in [0.1, 0.15) is 5.82 Å². The maximum absolute atomic E-state index is 13.3. The second-order valence-electron chi connectivity index (χ2n) is 8.59. The minimum atomic E-state index is 0.0977. The summed E-state index contributed by atoms with van der Waals surface area (Å²) in [5.41, 5.74) is 0.447. The quantitative estimate of drug-likeness (QED) is 0.772. The van der Waals surface area contributed by atoms with E-state index in [0.717, 1.165) is 44.7 Å². The number of carbonyl (C=O) groups excluding carboxylic acids is 1. The van der Waals surface area contributed by atoms with Crippen molar-refractivity contribution in [3.8, 4) is 0 Å². The number of imidazole rings is 1. The molecular weight excluding hydrogens is 328 g/mol. The summed E-state index contributed by atoms with van der Waals surface area (Å²) in [6, 6.07) is 0.387. The van der Waals surface area contributed by atoms with Gasteiger partial charge in [0.05, 0.1) is 13.2 Å². The molecule has 0 aromatic carbocycles. The fourth-order valence-electron chi connectivity index (χ4n) is 4.81. The van der Waals surface area contributed by atoms with Crippen LogP contribution in [0.2, 0.25) is 0 Å². The van der Waals surface area contributed by atoms with Gasteiger partial charge in [0.25, 0.3) is 0 Å². The van der Waals surface area contributed by atoms with Gasteiger partial charge < -0.3 is 19.5 Å². The van der Waals surface area contributed by atoms with Gasteiger partial charge in [-0.05, 0) is 57.5 Å². The number of aromatic nitrogens is 2. The van der Waals surface area contributed by atoms with E-state index in [1.807, 2.05) is 12.4 Å². The van der Waals surface area contributed by atoms with Crippen molar-refractivity contribution in [2.45, 2.75) is 64.6 Å². The van der Waals surface area contributed by atoms with Crippen molar-refractivity contribution in [1.29, 1.82) is 0 Å². The van der Waals surface area contributed by atoms with Crippen molar-refractivity contribution in [2.24, 2.45) is 10.8 Å². The molecule has 1 aliphatic heterocycles. The highest BCUT2D eigenvalue weighted by molar-refractivity contribution is 5.78. The predicted octanol–water partition coefficient (Wildman–Crippen LogP) is 2.19. The van der Waals surface area contributed by atoms with Crippen molar-refractivity contribution in [3.63, 3.8) is 0 Å². The van der Waals surface area contributed by atoms with Gasteiger partial charge in [-0.2, -0.15) is 0 Å². The summed E-state index contributed by atoms with van der Waals surface area (Å²) in [7, 11) is 1.74. The molecule has 1 amide bonds. The molecule has 2 aliphatic carbocycles. The number of methoxy groups -OCH3 is 1. The molecule has 1 saturated heterocycles. The Morgan fingerprint density at radius 2 is 2.15 bits per heavy atom. The normalized spacial score (nSPS) is 25.2. The monoisotopic (exact) mass is 360 g/mol. The van der Waals surface area contributed by atoms with Crippen LogP contribution >= 0.6 is 0 Å². The maximum Gasteiger partial charge on any atom is 0.223 e. The number of rotatable bonds is 8. The molecule has 3 fully saturated rings. The van der Waals surface area contributed by atoms with Crippen LogP contribution in [0.1, 0.15) is 51.3 Å². The van der Waals surface area contributed by atoms with E-state index in [2.05, 4.69) is 26.7 Å². The molecule has 1 N–H and O–H groups in total. The Morgan fingerprint density at radius 3 is 2.81 bits per heavy atom. The van der Waals surface area contributed by atoms with Gasteiger partial charge in [-0.25, -0.2) is 4.98 Å². The summed E-state index contributed by atoms with van der Waals surface area (Å²) in [5, 5.41) is 3.46. The molecule has 0 radical (unpaired) electrons. The molecule has 0 bridgehead atoms. The first-order chi connectivity index (χ1) is 12.6. The van der Waals surface area contributed by atoms with Crippen LogP contribution in [0.5, 0.6) is 0 Å². The minimum absolute atomic E-state index is 0.0977. The van der Waals surface area contributed by atoms with Crippen molar-refractivity contribution >= 4 is 5.91 Å². The molecule has 2 saturated carbocycles. The first kappa shape index (κ1) is 18.0.